The number of sulfonamides is 1. The maximum Gasteiger partial charge on any atom is 0.243 e. The number of hydrogen-bond donors (Lipinski definition) is 1. The quantitative estimate of drug-likeness (QED) is 0.930. The summed E-state index contributed by atoms with van der Waals surface area (Å²) in [5, 5.41) is 9.51. The Bertz CT molecular complexity index is 566. The van der Waals surface area contributed by atoms with Gasteiger partial charge in [0.25, 0.3) is 0 Å². The molecule has 3 atom stereocenters. The fourth-order valence-corrected chi connectivity index (χ4v) is 4.58. The summed E-state index contributed by atoms with van der Waals surface area (Å²) in [6, 6.07) is 6.61. The van der Waals surface area contributed by atoms with E-state index in [1.807, 2.05) is 0 Å². The molecule has 1 N–H and O–H groups in total. The largest absolute Gasteiger partial charge is 0.389 e. The van der Waals surface area contributed by atoms with Crippen LogP contribution in [0.2, 0.25) is 0 Å². The van der Waals surface area contributed by atoms with Gasteiger partial charge in [0.2, 0.25) is 10.0 Å². The summed E-state index contributed by atoms with van der Waals surface area (Å²) >= 11 is 0. The van der Waals surface area contributed by atoms with E-state index < -0.39 is 16.1 Å². The molecule has 1 aliphatic carbocycles. The van der Waals surface area contributed by atoms with E-state index in [0.717, 1.165) is 24.8 Å². The molecule has 0 aliphatic heterocycles. The Morgan fingerprint density at radius 3 is 2.29 bits per heavy atom. The predicted molar refractivity (Wildman–Crippen MR) is 83.4 cm³/mol. The molecule has 0 bridgehead atoms. The topological polar surface area (TPSA) is 57.6 Å². The summed E-state index contributed by atoms with van der Waals surface area (Å²) in [5.41, 5.74) is 0.725. The van der Waals surface area contributed by atoms with E-state index in [4.69, 9.17) is 0 Å². The van der Waals surface area contributed by atoms with E-state index in [0.29, 0.717) is 10.8 Å². The van der Waals surface area contributed by atoms with Gasteiger partial charge in [-0.15, -0.1) is 0 Å². The summed E-state index contributed by atoms with van der Waals surface area (Å²) in [6.07, 6.45) is 3.72. The fraction of sp³-hybridized carbons (Fsp3) is 0.625. The van der Waals surface area contributed by atoms with Crippen LogP contribution in [0.3, 0.4) is 0 Å². The third-order valence-electron chi connectivity index (χ3n) is 4.57. The zero-order valence-corrected chi connectivity index (χ0v) is 13.8. The maximum atomic E-state index is 12.7. The number of aliphatic hydroxyl groups is 1. The minimum absolute atomic E-state index is 0.0835. The van der Waals surface area contributed by atoms with Gasteiger partial charge in [0.1, 0.15) is 0 Å². The van der Waals surface area contributed by atoms with E-state index in [-0.39, 0.29) is 6.04 Å². The van der Waals surface area contributed by atoms with Gasteiger partial charge in [-0.25, -0.2) is 8.42 Å². The smallest absolute Gasteiger partial charge is 0.243 e. The van der Waals surface area contributed by atoms with Crippen molar-refractivity contribution < 1.29 is 13.5 Å². The molecule has 2 rings (SSSR count). The number of aliphatic hydroxyl groups excluding tert-OH is 1. The summed E-state index contributed by atoms with van der Waals surface area (Å²) in [6.45, 7) is 3.80. The monoisotopic (exact) mass is 311 g/mol. The molecule has 1 fully saturated rings. The van der Waals surface area contributed by atoms with Crippen molar-refractivity contribution in [1.82, 2.24) is 4.31 Å². The molecular formula is C16H25NO3S. The molecule has 0 aromatic heterocycles. The molecule has 3 unspecified atom stereocenters. The second-order valence-electron chi connectivity index (χ2n) is 6.10. The zero-order chi connectivity index (χ0) is 15.6. The summed E-state index contributed by atoms with van der Waals surface area (Å²) in [7, 11) is -1.78. The predicted octanol–water partition coefficient (Wildman–Crippen LogP) is 2.94. The molecule has 0 heterocycles. The molecule has 4 nitrogen and oxygen atoms in total. The lowest BCUT2D eigenvalue weighted by atomic mass is 9.86. The maximum absolute atomic E-state index is 12.7. The number of nitrogens with zero attached hydrogens (tertiary/aromatic N) is 1. The molecule has 1 aromatic carbocycles. The molecule has 1 saturated carbocycles. The van der Waals surface area contributed by atoms with Crippen LogP contribution in [0, 0.1) is 5.92 Å². The lowest BCUT2D eigenvalue weighted by Gasteiger charge is -2.35. The van der Waals surface area contributed by atoms with Crippen LogP contribution in [-0.4, -0.2) is 30.9 Å². The molecule has 5 heteroatoms. The Hall–Kier alpha value is -0.910. The first-order valence-corrected chi connectivity index (χ1v) is 9.04. The molecule has 0 spiro atoms. The minimum atomic E-state index is -3.46. The standard InChI is InChI=1S/C16H25NO3S/c1-12-6-4-5-7-16(12)17(3)21(19,20)15-10-8-14(9-11-15)13(2)18/h8-13,16,18H,4-7H2,1-3H3. The zero-order valence-electron chi connectivity index (χ0n) is 13.0. The van der Waals surface area contributed by atoms with E-state index in [2.05, 4.69) is 6.92 Å². The highest BCUT2D eigenvalue weighted by Crippen LogP contribution is 2.30. The Kier molecular flexibility index (Phi) is 5.07. The van der Waals surface area contributed by atoms with Gasteiger partial charge in [-0.1, -0.05) is 31.9 Å². The van der Waals surface area contributed by atoms with Crippen molar-refractivity contribution in [3.05, 3.63) is 29.8 Å². The first kappa shape index (κ1) is 16.5. The lowest BCUT2D eigenvalue weighted by molar-refractivity contribution is 0.199. The van der Waals surface area contributed by atoms with Gasteiger partial charge < -0.3 is 5.11 Å². The van der Waals surface area contributed by atoms with Crippen molar-refractivity contribution in [3.8, 4) is 0 Å². The molecule has 1 aliphatic rings. The number of benzene rings is 1. The molecule has 0 radical (unpaired) electrons. The SMILES string of the molecule is CC(O)c1ccc(S(=O)(=O)N(C)C2CCCCC2C)cc1. The summed E-state index contributed by atoms with van der Waals surface area (Å²) < 4.78 is 27.0. The van der Waals surface area contributed by atoms with E-state index in [1.165, 1.54) is 10.7 Å². The van der Waals surface area contributed by atoms with Crippen LogP contribution < -0.4 is 0 Å². The van der Waals surface area contributed by atoms with Crippen molar-refractivity contribution in [2.45, 2.75) is 56.6 Å². The molecule has 0 amide bonds. The van der Waals surface area contributed by atoms with Crippen molar-refractivity contribution in [2.75, 3.05) is 7.05 Å². The third kappa shape index (κ3) is 3.47. The van der Waals surface area contributed by atoms with Crippen LogP contribution in [0.15, 0.2) is 29.2 Å². The van der Waals surface area contributed by atoms with E-state index in [9.17, 15) is 13.5 Å². The van der Waals surface area contributed by atoms with Crippen LogP contribution in [0.1, 0.15) is 51.2 Å². The van der Waals surface area contributed by atoms with Crippen LogP contribution in [0.5, 0.6) is 0 Å². The van der Waals surface area contributed by atoms with Gasteiger partial charge in [-0.05, 0) is 43.4 Å². The van der Waals surface area contributed by atoms with Crippen LogP contribution in [0.4, 0.5) is 0 Å². The van der Waals surface area contributed by atoms with Crippen LogP contribution in [0.25, 0.3) is 0 Å². The third-order valence-corrected chi connectivity index (χ3v) is 6.47. The summed E-state index contributed by atoms with van der Waals surface area (Å²) in [5.74, 6) is 0.398. The van der Waals surface area contributed by atoms with Crippen molar-refractivity contribution in [1.29, 1.82) is 0 Å². The van der Waals surface area contributed by atoms with Crippen molar-refractivity contribution in [3.63, 3.8) is 0 Å². The van der Waals surface area contributed by atoms with E-state index in [1.54, 1.807) is 38.2 Å². The van der Waals surface area contributed by atoms with Gasteiger partial charge in [0.05, 0.1) is 11.0 Å². The van der Waals surface area contributed by atoms with Crippen molar-refractivity contribution in [2.24, 2.45) is 5.92 Å². The molecule has 21 heavy (non-hydrogen) atoms. The highest BCUT2D eigenvalue weighted by atomic mass is 32.2. The highest BCUT2D eigenvalue weighted by molar-refractivity contribution is 7.89. The second kappa shape index (κ2) is 6.46. The Labute approximate surface area is 127 Å². The number of rotatable bonds is 4. The van der Waals surface area contributed by atoms with Gasteiger partial charge >= 0.3 is 0 Å². The average Bonchev–Trinajstić information content (AvgIpc) is 2.47. The number of hydrogen-bond acceptors (Lipinski definition) is 3. The summed E-state index contributed by atoms with van der Waals surface area (Å²) in [4.78, 5) is 0.298. The first-order chi connectivity index (χ1) is 9.84. The normalized spacial score (nSPS) is 25.0. The Balaban J connectivity index is 2.24. The molecule has 118 valence electrons. The molecular weight excluding hydrogens is 286 g/mol. The van der Waals surface area contributed by atoms with Gasteiger partial charge in [0, 0.05) is 13.1 Å². The van der Waals surface area contributed by atoms with Crippen LogP contribution >= 0.6 is 0 Å². The molecule has 1 aromatic rings. The van der Waals surface area contributed by atoms with Gasteiger partial charge in [-0.2, -0.15) is 4.31 Å². The van der Waals surface area contributed by atoms with E-state index >= 15 is 0 Å². The van der Waals surface area contributed by atoms with Gasteiger partial charge in [0.15, 0.2) is 0 Å². The lowest BCUT2D eigenvalue weighted by Crippen LogP contribution is -2.42. The minimum Gasteiger partial charge on any atom is -0.389 e. The Morgan fingerprint density at radius 1 is 1.19 bits per heavy atom. The fourth-order valence-electron chi connectivity index (χ4n) is 3.10. The highest BCUT2D eigenvalue weighted by Gasteiger charge is 2.32. The van der Waals surface area contributed by atoms with Gasteiger partial charge in [-0.3, -0.25) is 0 Å². The first-order valence-electron chi connectivity index (χ1n) is 7.60. The van der Waals surface area contributed by atoms with Crippen molar-refractivity contribution >= 4 is 10.0 Å². The molecule has 0 saturated heterocycles. The Morgan fingerprint density at radius 2 is 1.76 bits per heavy atom. The average molecular weight is 311 g/mol. The van der Waals surface area contributed by atoms with Crippen LogP contribution in [-0.2, 0) is 10.0 Å². The second-order valence-corrected chi connectivity index (χ2v) is 8.09.